The third-order valence-corrected chi connectivity index (χ3v) is 6.03. The second kappa shape index (κ2) is 10.7. The van der Waals surface area contributed by atoms with Crippen LogP contribution >= 0.6 is 23.2 Å². The summed E-state index contributed by atoms with van der Waals surface area (Å²) in [7, 11) is 0. The number of halogens is 2. The van der Waals surface area contributed by atoms with Crippen molar-refractivity contribution in [2.75, 3.05) is 26.2 Å². The molecule has 0 atom stereocenters. The van der Waals surface area contributed by atoms with Crippen molar-refractivity contribution < 1.29 is 9.59 Å². The normalized spacial score (nSPS) is 13.6. The van der Waals surface area contributed by atoms with E-state index in [0.29, 0.717) is 54.9 Å². The van der Waals surface area contributed by atoms with Gasteiger partial charge in [0.1, 0.15) is 0 Å². The van der Waals surface area contributed by atoms with Gasteiger partial charge in [0.05, 0.1) is 0 Å². The van der Waals surface area contributed by atoms with E-state index in [2.05, 4.69) is 4.98 Å². The fourth-order valence-electron chi connectivity index (χ4n) is 3.88. The Morgan fingerprint density at radius 2 is 1.30 bits per heavy atom. The molecule has 0 spiro atoms. The molecule has 0 radical (unpaired) electrons. The highest BCUT2D eigenvalue weighted by Gasteiger charge is 2.28. The maximum Gasteiger partial charge on any atom is 0.320 e. The Bertz CT molecular complexity index is 1070. The Labute approximate surface area is 203 Å². The van der Waals surface area contributed by atoms with Crippen LogP contribution in [0.2, 0.25) is 10.0 Å². The lowest BCUT2D eigenvalue weighted by Gasteiger charge is -2.37. The number of amides is 3. The van der Waals surface area contributed by atoms with Crippen LogP contribution in [0.4, 0.5) is 4.79 Å². The van der Waals surface area contributed by atoms with Crippen molar-refractivity contribution in [3.05, 3.63) is 99.8 Å². The Morgan fingerprint density at radius 1 is 0.788 bits per heavy atom. The molecule has 0 bridgehead atoms. The van der Waals surface area contributed by atoms with Crippen molar-refractivity contribution in [1.82, 2.24) is 19.7 Å². The van der Waals surface area contributed by atoms with E-state index < -0.39 is 0 Å². The van der Waals surface area contributed by atoms with Gasteiger partial charge in [0.15, 0.2) is 0 Å². The summed E-state index contributed by atoms with van der Waals surface area (Å²) in [5, 5.41) is 1.26. The van der Waals surface area contributed by atoms with E-state index >= 15 is 0 Å². The molecule has 1 aliphatic rings. The zero-order valence-corrected chi connectivity index (χ0v) is 19.5. The summed E-state index contributed by atoms with van der Waals surface area (Å²) >= 11 is 12.3. The van der Waals surface area contributed by atoms with E-state index in [9.17, 15) is 9.59 Å². The highest BCUT2D eigenvalue weighted by molar-refractivity contribution is 6.30. The highest BCUT2D eigenvalue weighted by atomic mass is 35.5. The van der Waals surface area contributed by atoms with Gasteiger partial charge in [-0.3, -0.25) is 9.78 Å². The van der Waals surface area contributed by atoms with Crippen LogP contribution in [0.1, 0.15) is 21.5 Å². The van der Waals surface area contributed by atoms with Crippen molar-refractivity contribution in [3.8, 4) is 0 Å². The van der Waals surface area contributed by atoms with Crippen LogP contribution in [0.3, 0.4) is 0 Å². The molecule has 0 unspecified atom stereocenters. The Balaban J connectivity index is 1.46. The number of carbonyl (C=O) groups is 2. The number of carbonyl (C=O) groups excluding carboxylic acids is 2. The van der Waals surface area contributed by atoms with Crippen molar-refractivity contribution in [1.29, 1.82) is 0 Å². The van der Waals surface area contributed by atoms with Crippen LogP contribution in [-0.4, -0.2) is 57.8 Å². The van der Waals surface area contributed by atoms with Crippen LogP contribution in [0.25, 0.3) is 0 Å². The maximum atomic E-state index is 13.5. The molecule has 1 saturated heterocycles. The van der Waals surface area contributed by atoms with E-state index in [0.717, 1.165) is 11.1 Å². The van der Waals surface area contributed by atoms with Gasteiger partial charge >= 0.3 is 6.03 Å². The third kappa shape index (κ3) is 6.03. The first-order valence-electron chi connectivity index (χ1n) is 10.7. The standard InChI is InChI=1S/C25H24Cl2N4O2/c26-22-5-1-3-19(15-22)17-31(18-20-4-2-6-23(27)16-20)25(33)30-13-11-29(12-14-30)24(32)21-7-9-28-10-8-21/h1-10,15-16H,11-14,17-18H2. The number of nitrogens with zero attached hydrogens (tertiary/aromatic N) is 4. The van der Waals surface area contributed by atoms with E-state index in [1.165, 1.54) is 0 Å². The quantitative estimate of drug-likeness (QED) is 0.515. The molecule has 1 aliphatic heterocycles. The number of piperazine rings is 1. The molecule has 0 N–H and O–H groups in total. The molecule has 0 aliphatic carbocycles. The predicted octanol–water partition coefficient (Wildman–Crippen LogP) is 4.97. The SMILES string of the molecule is O=C(c1ccncc1)N1CCN(C(=O)N(Cc2cccc(Cl)c2)Cc2cccc(Cl)c2)CC1. The van der Waals surface area contributed by atoms with Crippen molar-refractivity contribution >= 4 is 35.1 Å². The fourth-order valence-corrected chi connectivity index (χ4v) is 4.31. The van der Waals surface area contributed by atoms with Gasteiger partial charge in [-0.05, 0) is 47.5 Å². The van der Waals surface area contributed by atoms with Gasteiger partial charge in [-0.2, -0.15) is 0 Å². The summed E-state index contributed by atoms with van der Waals surface area (Å²) in [6.45, 7) is 2.74. The average molecular weight is 483 g/mol. The van der Waals surface area contributed by atoms with Gasteiger partial charge in [-0.15, -0.1) is 0 Å². The summed E-state index contributed by atoms with van der Waals surface area (Å²) < 4.78 is 0. The predicted molar refractivity (Wildman–Crippen MR) is 129 cm³/mol. The molecule has 8 heteroatoms. The first kappa shape index (κ1) is 23.1. The monoisotopic (exact) mass is 482 g/mol. The molecule has 3 amide bonds. The number of hydrogen-bond acceptors (Lipinski definition) is 3. The highest BCUT2D eigenvalue weighted by Crippen LogP contribution is 2.19. The molecule has 2 heterocycles. The Morgan fingerprint density at radius 3 is 1.82 bits per heavy atom. The first-order chi connectivity index (χ1) is 16.0. The van der Waals surface area contributed by atoms with E-state index in [4.69, 9.17) is 23.2 Å². The Hall–Kier alpha value is -3.09. The number of urea groups is 1. The number of rotatable bonds is 5. The molecule has 4 rings (SSSR count). The summed E-state index contributed by atoms with van der Waals surface area (Å²) in [6.07, 6.45) is 3.22. The average Bonchev–Trinajstić information content (AvgIpc) is 2.83. The van der Waals surface area contributed by atoms with E-state index in [1.807, 2.05) is 48.5 Å². The minimum atomic E-state index is -0.0778. The lowest BCUT2D eigenvalue weighted by molar-refractivity contribution is 0.0634. The van der Waals surface area contributed by atoms with Crippen LogP contribution in [0, 0.1) is 0 Å². The minimum Gasteiger partial charge on any atom is -0.335 e. The van der Waals surface area contributed by atoms with Crippen LogP contribution in [0.15, 0.2) is 73.1 Å². The summed E-state index contributed by atoms with van der Waals surface area (Å²) in [4.78, 5) is 35.5. The smallest absolute Gasteiger partial charge is 0.320 e. The van der Waals surface area contributed by atoms with Gasteiger partial charge in [0.25, 0.3) is 5.91 Å². The second-order valence-electron chi connectivity index (χ2n) is 7.91. The molecule has 1 fully saturated rings. The molecule has 2 aromatic carbocycles. The largest absolute Gasteiger partial charge is 0.335 e. The molecule has 0 saturated carbocycles. The molecular formula is C25H24Cl2N4O2. The first-order valence-corrected chi connectivity index (χ1v) is 11.5. The molecule has 170 valence electrons. The fraction of sp³-hybridized carbons (Fsp3) is 0.240. The zero-order chi connectivity index (χ0) is 23.2. The Kier molecular flexibility index (Phi) is 7.47. The summed E-state index contributed by atoms with van der Waals surface area (Å²) in [5.74, 6) is -0.0424. The van der Waals surface area contributed by atoms with Crippen LogP contribution in [0.5, 0.6) is 0 Å². The zero-order valence-electron chi connectivity index (χ0n) is 18.0. The van der Waals surface area contributed by atoms with Gasteiger partial charge in [-0.25, -0.2) is 4.79 Å². The summed E-state index contributed by atoms with van der Waals surface area (Å²) in [6, 6.07) is 18.4. The molecular weight excluding hydrogens is 459 g/mol. The van der Waals surface area contributed by atoms with Crippen LogP contribution in [-0.2, 0) is 13.1 Å². The molecule has 1 aromatic heterocycles. The van der Waals surface area contributed by atoms with E-state index in [1.54, 1.807) is 39.2 Å². The van der Waals surface area contributed by atoms with Crippen LogP contribution < -0.4 is 0 Å². The molecule has 33 heavy (non-hydrogen) atoms. The summed E-state index contributed by atoms with van der Waals surface area (Å²) in [5.41, 5.74) is 2.50. The number of aromatic nitrogens is 1. The number of hydrogen-bond donors (Lipinski definition) is 0. The van der Waals surface area contributed by atoms with Gasteiger partial charge in [-0.1, -0.05) is 47.5 Å². The lowest BCUT2D eigenvalue weighted by atomic mass is 10.1. The number of benzene rings is 2. The van der Waals surface area contributed by atoms with Gasteiger partial charge in [0.2, 0.25) is 0 Å². The maximum absolute atomic E-state index is 13.5. The lowest BCUT2D eigenvalue weighted by Crippen LogP contribution is -2.53. The minimum absolute atomic E-state index is 0.0424. The second-order valence-corrected chi connectivity index (χ2v) is 8.79. The molecule has 3 aromatic rings. The van der Waals surface area contributed by atoms with Crippen molar-refractivity contribution in [3.63, 3.8) is 0 Å². The van der Waals surface area contributed by atoms with Gasteiger partial charge in [0, 0.05) is 67.3 Å². The third-order valence-electron chi connectivity index (χ3n) is 5.56. The van der Waals surface area contributed by atoms with Gasteiger partial charge < -0.3 is 14.7 Å². The topological polar surface area (TPSA) is 56.8 Å². The number of pyridine rings is 1. The van der Waals surface area contributed by atoms with Crippen molar-refractivity contribution in [2.24, 2.45) is 0 Å². The van der Waals surface area contributed by atoms with Crippen molar-refractivity contribution in [2.45, 2.75) is 13.1 Å². The van der Waals surface area contributed by atoms with E-state index in [-0.39, 0.29) is 11.9 Å². The molecule has 6 nitrogen and oxygen atoms in total.